The van der Waals surface area contributed by atoms with Gasteiger partial charge < -0.3 is 19.1 Å². The molecule has 1 amide bonds. The monoisotopic (exact) mass is 414 g/mol. The fourth-order valence-electron chi connectivity index (χ4n) is 3.46. The van der Waals surface area contributed by atoms with Crippen LogP contribution in [0.5, 0.6) is 0 Å². The smallest absolute Gasteiger partial charge is 0.410 e. The van der Waals surface area contributed by atoms with E-state index in [9.17, 15) is 9.35 Å². The van der Waals surface area contributed by atoms with Crippen LogP contribution in [0.15, 0.2) is 52.3 Å². The number of carbonyl (C=O) groups excluding carboxylic acids is 1. The molecule has 1 heterocycles. The van der Waals surface area contributed by atoms with E-state index < -0.39 is 16.8 Å². The first-order valence-corrected chi connectivity index (χ1v) is 11.1. The number of benzene rings is 2. The number of amides is 1. The van der Waals surface area contributed by atoms with Crippen molar-refractivity contribution in [3.63, 3.8) is 0 Å². The van der Waals surface area contributed by atoms with E-state index in [1.807, 2.05) is 71.0 Å². The van der Waals surface area contributed by atoms with Gasteiger partial charge >= 0.3 is 6.09 Å². The van der Waals surface area contributed by atoms with Crippen LogP contribution in [-0.2, 0) is 15.9 Å². The van der Waals surface area contributed by atoms with Gasteiger partial charge in [0.2, 0.25) is 0 Å². The van der Waals surface area contributed by atoms with Crippen LogP contribution in [0, 0.1) is 13.8 Å². The molecular formula is C23H30N2O3S. The van der Waals surface area contributed by atoms with Crippen LogP contribution in [0.25, 0.3) is 0 Å². The minimum atomic E-state index is -1.26. The number of aryl methyl sites for hydroxylation is 2. The third kappa shape index (κ3) is 5.25. The van der Waals surface area contributed by atoms with Crippen LogP contribution in [0.4, 0.5) is 10.5 Å². The minimum Gasteiger partial charge on any atom is -0.606 e. The maximum atomic E-state index is 13.4. The molecule has 2 aromatic rings. The Hall–Kier alpha value is -2.18. The van der Waals surface area contributed by atoms with Crippen LogP contribution in [0.1, 0.15) is 31.9 Å². The summed E-state index contributed by atoms with van der Waals surface area (Å²) in [5, 5.41) is 0. The lowest BCUT2D eigenvalue weighted by Crippen LogP contribution is -2.50. The van der Waals surface area contributed by atoms with E-state index in [1.165, 1.54) is 0 Å². The Morgan fingerprint density at radius 1 is 1.00 bits per heavy atom. The Labute approximate surface area is 176 Å². The molecule has 3 rings (SSSR count). The molecule has 1 atom stereocenters. The van der Waals surface area contributed by atoms with Crippen LogP contribution < -0.4 is 4.90 Å². The Balaban J connectivity index is 1.76. The molecule has 1 unspecified atom stereocenters. The third-order valence-corrected chi connectivity index (χ3v) is 6.47. The zero-order valence-corrected chi connectivity index (χ0v) is 18.7. The van der Waals surface area contributed by atoms with Gasteiger partial charge in [-0.05, 0) is 52.8 Å². The molecule has 6 heteroatoms. The van der Waals surface area contributed by atoms with Gasteiger partial charge in [-0.25, -0.2) is 4.79 Å². The van der Waals surface area contributed by atoms with E-state index in [4.69, 9.17) is 4.74 Å². The van der Waals surface area contributed by atoms with Gasteiger partial charge in [0.25, 0.3) is 0 Å². The van der Waals surface area contributed by atoms with Gasteiger partial charge in [-0.3, -0.25) is 0 Å². The summed E-state index contributed by atoms with van der Waals surface area (Å²) in [6, 6.07) is 13.9. The molecule has 0 radical (unpaired) electrons. The standard InChI is InChI=1S/C23H30N2O3S/c1-17-10-11-20(18(2)16-17)29(27)21-9-7-6-8-19(21)24-12-14-25(15-13-24)22(26)28-23(3,4)5/h6-11,16H,12-15H2,1-5H3. The Kier molecular flexibility index (Phi) is 6.44. The number of anilines is 1. The van der Waals surface area contributed by atoms with Crippen molar-refractivity contribution in [2.45, 2.75) is 50.0 Å². The number of ether oxygens (including phenoxy) is 1. The van der Waals surface area contributed by atoms with E-state index in [0.717, 1.165) is 26.6 Å². The van der Waals surface area contributed by atoms with E-state index in [1.54, 1.807) is 4.90 Å². The highest BCUT2D eigenvalue weighted by molar-refractivity contribution is 7.91. The van der Waals surface area contributed by atoms with Crippen molar-refractivity contribution in [3.8, 4) is 0 Å². The number of nitrogens with zero attached hydrogens (tertiary/aromatic N) is 2. The molecule has 0 aromatic heterocycles. The van der Waals surface area contributed by atoms with Gasteiger partial charge in [-0.15, -0.1) is 0 Å². The topological polar surface area (TPSA) is 55.8 Å². The van der Waals surface area contributed by atoms with Crippen molar-refractivity contribution in [2.24, 2.45) is 0 Å². The summed E-state index contributed by atoms with van der Waals surface area (Å²) >= 11 is -1.26. The molecular weight excluding hydrogens is 384 g/mol. The summed E-state index contributed by atoms with van der Waals surface area (Å²) in [6.07, 6.45) is -0.274. The van der Waals surface area contributed by atoms with Crippen LogP contribution in [0.2, 0.25) is 0 Å². The molecule has 1 fully saturated rings. The van der Waals surface area contributed by atoms with E-state index >= 15 is 0 Å². The van der Waals surface area contributed by atoms with Crippen LogP contribution >= 0.6 is 0 Å². The van der Waals surface area contributed by atoms with Crippen molar-refractivity contribution in [2.75, 3.05) is 31.1 Å². The zero-order chi connectivity index (χ0) is 21.2. The quantitative estimate of drug-likeness (QED) is 0.693. The maximum Gasteiger partial charge on any atom is 0.410 e. The van der Waals surface area contributed by atoms with Gasteiger partial charge in [0.15, 0.2) is 9.79 Å². The summed E-state index contributed by atoms with van der Waals surface area (Å²) < 4.78 is 18.9. The second-order valence-corrected chi connectivity index (χ2v) is 9.88. The highest BCUT2D eigenvalue weighted by Crippen LogP contribution is 2.32. The molecule has 2 aromatic carbocycles. The lowest BCUT2D eigenvalue weighted by Gasteiger charge is -2.37. The van der Waals surface area contributed by atoms with Gasteiger partial charge in [0.05, 0.1) is 5.69 Å². The zero-order valence-electron chi connectivity index (χ0n) is 17.9. The first kappa shape index (κ1) is 21.5. The summed E-state index contributed by atoms with van der Waals surface area (Å²) in [5.74, 6) is 0. The molecule has 1 aliphatic heterocycles. The second kappa shape index (κ2) is 8.67. The number of hydrogen-bond donors (Lipinski definition) is 0. The first-order chi connectivity index (χ1) is 13.7. The summed E-state index contributed by atoms with van der Waals surface area (Å²) in [7, 11) is 0. The second-order valence-electron chi connectivity index (χ2n) is 8.46. The lowest BCUT2D eigenvalue weighted by molar-refractivity contribution is 0.0240. The van der Waals surface area contributed by atoms with Gasteiger partial charge in [-0.1, -0.05) is 29.8 Å². The number of carbonyl (C=O) groups is 1. The predicted molar refractivity (Wildman–Crippen MR) is 117 cm³/mol. The van der Waals surface area contributed by atoms with E-state index in [-0.39, 0.29) is 6.09 Å². The average molecular weight is 415 g/mol. The van der Waals surface area contributed by atoms with Crippen molar-refractivity contribution < 1.29 is 14.1 Å². The predicted octanol–water partition coefficient (Wildman–Crippen LogP) is 4.53. The maximum absolute atomic E-state index is 13.4. The van der Waals surface area contributed by atoms with E-state index in [2.05, 4.69) is 11.0 Å². The fraction of sp³-hybridized carbons (Fsp3) is 0.435. The Bertz CT molecular complexity index is 871. The molecule has 0 saturated carbocycles. The minimum absolute atomic E-state index is 0.274. The average Bonchev–Trinajstić information content (AvgIpc) is 2.66. The lowest BCUT2D eigenvalue weighted by atomic mass is 10.2. The van der Waals surface area contributed by atoms with Crippen molar-refractivity contribution in [3.05, 3.63) is 53.6 Å². The summed E-state index contributed by atoms with van der Waals surface area (Å²) in [6.45, 7) is 12.2. The number of para-hydroxylation sites is 1. The number of piperazine rings is 1. The van der Waals surface area contributed by atoms with Crippen molar-refractivity contribution >= 4 is 23.0 Å². The molecule has 5 nitrogen and oxygen atoms in total. The molecule has 0 bridgehead atoms. The molecule has 156 valence electrons. The van der Waals surface area contributed by atoms with Crippen LogP contribution in [-0.4, -0.2) is 47.3 Å². The van der Waals surface area contributed by atoms with Crippen LogP contribution in [0.3, 0.4) is 0 Å². The van der Waals surface area contributed by atoms with E-state index in [0.29, 0.717) is 26.2 Å². The highest BCUT2D eigenvalue weighted by Gasteiger charge is 2.29. The molecule has 29 heavy (non-hydrogen) atoms. The normalized spacial score (nSPS) is 15.9. The SMILES string of the molecule is Cc1ccc([S+]([O-])c2ccccc2N2CCN(C(=O)OC(C)(C)C)CC2)c(C)c1. The third-order valence-electron chi connectivity index (χ3n) is 4.87. The van der Waals surface area contributed by atoms with Gasteiger partial charge in [0.1, 0.15) is 5.60 Å². The summed E-state index contributed by atoms with van der Waals surface area (Å²) in [5.41, 5.74) is 2.67. The molecule has 0 spiro atoms. The molecule has 1 aliphatic rings. The molecule has 0 aliphatic carbocycles. The molecule has 0 N–H and O–H groups in total. The fourth-order valence-corrected chi connectivity index (χ4v) is 4.83. The Morgan fingerprint density at radius 2 is 1.66 bits per heavy atom. The largest absolute Gasteiger partial charge is 0.606 e. The van der Waals surface area contributed by atoms with Gasteiger partial charge in [0, 0.05) is 42.9 Å². The molecule has 1 saturated heterocycles. The highest BCUT2D eigenvalue weighted by atomic mass is 32.2. The van der Waals surface area contributed by atoms with Gasteiger partial charge in [-0.2, -0.15) is 0 Å². The number of rotatable bonds is 3. The van der Waals surface area contributed by atoms with Crippen molar-refractivity contribution in [1.82, 2.24) is 4.90 Å². The number of hydrogen-bond acceptors (Lipinski definition) is 4. The van der Waals surface area contributed by atoms with Crippen molar-refractivity contribution in [1.29, 1.82) is 0 Å². The Morgan fingerprint density at radius 3 is 2.28 bits per heavy atom. The summed E-state index contributed by atoms with van der Waals surface area (Å²) in [4.78, 5) is 17.9. The first-order valence-electron chi connectivity index (χ1n) is 9.96.